The number of guanidine groups is 1. The third kappa shape index (κ3) is 5.45. The monoisotopic (exact) mass is 292 g/mol. The number of carbonyl (C=O) groups is 1. The third-order valence-corrected chi connectivity index (χ3v) is 3.19. The number of nitrogens with one attached hydrogen (secondary N) is 3. The fourth-order valence-corrected chi connectivity index (χ4v) is 1.92. The Morgan fingerprint density at radius 3 is 2.76 bits per heavy atom. The summed E-state index contributed by atoms with van der Waals surface area (Å²) in [6.07, 6.45) is 5.83. The molecule has 0 unspecified atom stereocenters. The van der Waals surface area contributed by atoms with Gasteiger partial charge in [-0.1, -0.05) is 0 Å². The van der Waals surface area contributed by atoms with Crippen LogP contribution in [0.4, 0.5) is 0 Å². The fraction of sp³-hybridized carbons (Fsp3) is 0.643. The molecule has 1 aromatic heterocycles. The predicted molar refractivity (Wildman–Crippen MR) is 81.8 cm³/mol. The Bertz CT molecular complexity index is 491. The summed E-state index contributed by atoms with van der Waals surface area (Å²) in [6, 6.07) is 0. The standard InChI is InChI=1S/C14H24N6O/c1-3-15-14(18-8-11-9-19-20(2)10-11)17-7-6-16-13(21)12-4-5-12/h9-10,12H,3-8H2,1-2H3,(H,16,21)(H2,15,17,18). The van der Waals surface area contributed by atoms with Gasteiger partial charge in [-0.3, -0.25) is 9.48 Å². The van der Waals surface area contributed by atoms with Gasteiger partial charge < -0.3 is 16.0 Å². The van der Waals surface area contributed by atoms with E-state index in [1.165, 1.54) is 0 Å². The summed E-state index contributed by atoms with van der Waals surface area (Å²) in [5.74, 6) is 1.19. The number of hydrogen-bond acceptors (Lipinski definition) is 3. The van der Waals surface area contributed by atoms with E-state index >= 15 is 0 Å². The SMILES string of the molecule is CCNC(=NCc1cnn(C)c1)NCCNC(=O)C1CC1. The van der Waals surface area contributed by atoms with Gasteiger partial charge in [-0.05, 0) is 19.8 Å². The van der Waals surface area contributed by atoms with E-state index in [0.29, 0.717) is 19.6 Å². The first-order chi connectivity index (χ1) is 10.2. The lowest BCUT2D eigenvalue weighted by Crippen LogP contribution is -2.41. The van der Waals surface area contributed by atoms with Gasteiger partial charge in [-0.2, -0.15) is 5.10 Å². The lowest BCUT2D eigenvalue weighted by Gasteiger charge is -2.11. The number of carbonyl (C=O) groups excluding carboxylic acids is 1. The van der Waals surface area contributed by atoms with Gasteiger partial charge in [0.15, 0.2) is 5.96 Å². The van der Waals surface area contributed by atoms with Crippen LogP contribution in [0, 0.1) is 5.92 Å². The van der Waals surface area contributed by atoms with Crippen molar-refractivity contribution in [3.63, 3.8) is 0 Å². The second-order valence-corrected chi connectivity index (χ2v) is 5.21. The lowest BCUT2D eigenvalue weighted by atomic mass is 10.4. The molecule has 116 valence electrons. The maximum atomic E-state index is 11.5. The highest BCUT2D eigenvalue weighted by molar-refractivity contribution is 5.81. The largest absolute Gasteiger partial charge is 0.357 e. The molecule has 1 fully saturated rings. The number of amides is 1. The van der Waals surface area contributed by atoms with Gasteiger partial charge in [0, 0.05) is 44.4 Å². The Balaban J connectivity index is 1.71. The lowest BCUT2D eigenvalue weighted by molar-refractivity contribution is -0.122. The average Bonchev–Trinajstić information content (AvgIpc) is 3.24. The molecule has 7 heteroatoms. The summed E-state index contributed by atoms with van der Waals surface area (Å²) in [7, 11) is 1.89. The molecule has 1 amide bonds. The van der Waals surface area contributed by atoms with Crippen LogP contribution in [0.3, 0.4) is 0 Å². The molecule has 1 aliphatic rings. The third-order valence-electron chi connectivity index (χ3n) is 3.19. The van der Waals surface area contributed by atoms with Crippen molar-refractivity contribution in [1.82, 2.24) is 25.7 Å². The zero-order valence-electron chi connectivity index (χ0n) is 12.7. The second-order valence-electron chi connectivity index (χ2n) is 5.21. The highest BCUT2D eigenvalue weighted by atomic mass is 16.2. The molecule has 0 radical (unpaired) electrons. The smallest absolute Gasteiger partial charge is 0.223 e. The van der Waals surface area contributed by atoms with E-state index in [-0.39, 0.29) is 11.8 Å². The molecule has 0 atom stereocenters. The molecule has 1 aliphatic carbocycles. The molecular formula is C14H24N6O. The van der Waals surface area contributed by atoms with E-state index in [1.807, 2.05) is 26.4 Å². The summed E-state index contributed by atoms with van der Waals surface area (Å²) >= 11 is 0. The minimum atomic E-state index is 0.175. The van der Waals surface area contributed by atoms with Gasteiger partial charge in [-0.15, -0.1) is 0 Å². The quantitative estimate of drug-likeness (QED) is 0.375. The van der Waals surface area contributed by atoms with Crippen LogP contribution in [0.1, 0.15) is 25.3 Å². The van der Waals surface area contributed by atoms with Gasteiger partial charge in [0.1, 0.15) is 0 Å². The predicted octanol–water partition coefficient (Wildman–Crippen LogP) is 0.00140. The van der Waals surface area contributed by atoms with Crippen LogP contribution in [-0.2, 0) is 18.4 Å². The highest BCUT2D eigenvalue weighted by Gasteiger charge is 2.28. The summed E-state index contributed by atoms with van der Waals surface area (Å²) in [5, 5.41) is 13.4. The second kappa shape index (κ2) is 7.66. The van der Waals surface area contributed by atoms with Crippen molar-refractivity contribution < 1.29 is 4.79 Å². The molecule has 1 aromatic rings. The van der Waals surface area contributed by atoms with Crippen molar-refractivity contribution in [2.75, 3.05) is 19.6 Å². The zero-order valence-corrected chi connectivity index (χ0v) is 12.7. The Hall–Kier alpha value is -2.05. The van der Waals surface area contributed by atoms with Crippen LogP contribution < -0.4 is 16.0 Å². The van der Waals surface area contributed by atoms with Crippen LogP contribution in [0.25, 0.3) is 0 Å². The van der Waals surface area contributed by atoms with Crippen LogP contribution in [-0.4, -0.2) is 41.3 Å². The Labute approximate surface area is 125 Å². The van der Waals surface area contributed by atoms with Gasteiger partial charge in [0.25, 0.3) is 0 Å². The molecule has 2 rings (SSSR count). The normalized spacial score (nSPS) is 14.9. The van der Waals surface area contributed by atoms with Crippen molar-refractivity contribution in [2.24, 2.45) is 18.0 Å². The Morgan fingerprint density at radius 2 is 2.14 bits per heavy atom. The van der Waals surface area contributed by atoms with Crippen LogP contribution in [0.5, 0.6) is 0 Å². The molecule has 0 bridgehead atoms. The molecule has 21 heavy (non-hydrogen) atoms. The maximum Gasteiger partial charge on any atom is 0.223 e. The first-order valence-corrected chi connectivity index (χ1v) is 7.46. The number of aromatic nitrogens is 2. The van der Waals surface area contributed by atoms with Crippen molar-refractivity contribution in [1.29, 1.82) is 0 Å². The summed E-state index contributed by atoms with van der Waals surface area (Å²) in [4.78, 5) is 16.0. The number of aryl methyl sites for hydroxylation is 1. The van der Waals surface area contributed by atoms with Gasteiger partial charge in [0.05, 0.1) is 12.7 Å². The number of hydrogen-bond donors (Lipinski definition) is 3. The van der Waals surface area contributed by atoms with Gasteiger partial charge in [0.2, 0.25) is 5.91 Å². The van der Waals surface area contributed by atoms with Gasteiger partial charge in [-0.25, -0.2) is 4.99 Å². The minimum Gasteiger partial charge on any atom is -0.357 e. The molecule has 0 aliphatic heterocycles. The van der Waals surface area contributed by atoms with Crippen LogP contribution in [0.15, 0.2) is 17.4 Å². The van der Waals surface area contributed by atoms with Crippen molar-refractivity contribution in [3.05, 3.63) is 18.0 Å². The summed E-state index contributed by atoms with van der Waals surface area (Å²) in [5.41, 5.74) is 1.07. The minimum absolute atomic E-state index is 0.175. The Kier molecular flexibility index (Phi) is 5.59. The van der Waals surface area contributed by atoms with Crippen LogP contribution >= 0.6 is 0 Å². The number of aliphatic imine (C=N–C) groups is 1. The van der Waals surface area contributed by atoms with Crippen molar-refractivity contribution >= 4 is 11.9 Å². The van der Waals surface area contributed by atoms with E-state index in [1.54, 1.807) is 4.68 Å². The zero-order chi connectivity index (χ0) is 15.1. The first kappa shape index (κ1) is 15.3. The van der Waals surface area contributed by atoms with Gasteiger partial charge >= 0.3 is 0 Å². The molecule has 0 saturated heterocycles. The molecule has 1 heterocycles. The average molecular weight is 292 g/mol. The molecule has 1 saturated carbocycles. The molecular weight excluding hydrogens is 268 g/mol. The van der Waals surface area contributed by atoms with E-state index in [9.17, 15) is 4.79 Å². The summed E-state index contributed by atoms with van der Waals surface area (Å²) in [6.45, 7) is 4.69. The molecule has 0 aromatic carbocycles. The van der Waals surface area contributed by atoms with Crippen molar-refractivity contribution in [2.45, 2.75) is 26.3 Å². The molecule has 0 spiro atoms. The fourth-order valence-electron chi connectivity index (χ4n) is 1.92. The van der Waals surface area contributed by atoms with E-state index in [2.05, 4.69) is 26.0 Å². The van der Waals surface area contributed by atoms with Crippen LogP contribution in [0.2, 0.25) is 0 Å². The first-order valence-electron chi connectivity index (χ1n) is 7.46. The van der Waals surface area contributed by atoms with Crippen molar-refractivity contribution in [3.8, 4) is 0 Å². The number of rotatable bonds is 7. The van der Waals surface area contributed by atoms with E-state index < -0.39 is 0 Å². The molecule has 7 nitrogen and oxygen atoms in total. The summed E-state index contributed by atoms with van der Waals surface area (Å²) < 4.78 is 1.76. The molecule has 3 N–H and O–H groups in total. The number of nitrogens with zero attached hydrogens (tertiary/aromatic N) is 3. The van der Waals surface area contributed by atoms with E-state index in [0.717, 1.165) is 30.9 Å². The Morgan fingerprint density at radius 1 is 1.38 bits per heavy atom. The highest BCUT2D eigenvalue weighted by Crippen LogP contribution is 2.28. The van der Waals surface area contributed by atoms with E-state index in [4.69, 9.17) is 0 Å². The topological polar surface area (TPSA) is 83.3 Å². The maximum absolute atomic E-state index is 11.5.